The lowest BCUT2D eigenvalue weighted by Gasteiger charge is -2.04. The fraction of sp³-hybridized carbons (Fsp3) is 0.0588. The number of nitrogens with zero attached hydrogens (tertiary/aromatic N) is 3. The minimum atomic E-state index is -0.436. The maximum Gasteiger partial charge on any atom is 0.337 e. The van der Waals surface area contributed by atoms with Gasteiger partial charge in [-0.25, -0.2) is 9.48 Å². The molecule has 0 aliphatic rings. The van der Waals surface area contributed by atoms with Gasteiger partial charge in [-0.3, -0.25) is 4.79 Å². The predicted octanol–water partition coefficient (Wildman–Crippen LogP) is 3.07. The topological polar surface area (TPSA) is 86.1 Å². The molecule has 25 heavy (non-hydrogen) atoms. The van der Waals surface area contributed by atoms with E-state index in [9.17, 15) is 9.59 Å². The van der Waals surface area contributed by atoms with E-state index in [2.05, 4.69) is 36.3 Å². The Morgan fingerprint density at radius 3 is 2.52 bits per heavy atom. The maximum atomic E-state index is 12.3. The molecule has 126 valence electrons. The molecule has 0 aliphatic carbocycles. The van der Waals surface area contributed by atoms with Gasteiger partial charge in [-0.1, -0.05) is 17.3 Å². The van der Waals surface area contributed by atoms with E-state index in [1.807, 2.05) is 24.3 Å². The summed E-state index contributed by atoms with van der Waals surface area (Å²) in [5.74, 6) is -0.835. The van der Waals surface area contributed by atoms with Crippen LogP contribution in [0.25, 0.3) is 5.69 Å². The third-order valence-corrected chi connectivity index (χ3v) is 4.06. The molecule has 0 spiro atoms. The number of halogens is 1. The maximum absolute atomic E-state index is 12.3. The number of hydrogen-bond donors (Lipinski definition) is 1. The third-order valence-electron chi connectivity index (χ3n) is 3.39. The Kier molecular flexibility index (Phi) is 4.90. The highest BCUT2D eigenvalue weighted by Crippen LogP contribution is 2.19. The number of aromatic nitrogens is 3. The van der Waals surface area contributed by atoms with Crippen LogP contribution in [0.4, 0.5) is 5.69 Å². The number of carbonyl (C=O) groups excluding carboxylic acids is 2. The van der Waals surface area contributed by atoms with Crippen molar-refractivity contribution in [1.82, 2.24) is 15.0 Å². The van der Waals surface area contributed by atoms with Gasteiger partial charge < -0.3 is 10.1 Å². The minimum absolute atomic E-state index is 0.174. The van der Waals surface area contributed by atoms with E-state index >= 15 is 0 Å². The first-order valence-electron chi connectivity index (χ1n) is 7.25. The van der Waals surface area contributed by atoms with Crippen molar-refractivity contribution in [3.05, 3.63) is 70.5 Å². The van der Waals surface area contributed by atoms with Crippen LogP contribution in [0.1, 0.15) is 20.8 Å². The number of benzene rings is 2. The van der Waals surface area contributed by atoms with Crippen LogP contribution in [0, 0.1) is 0 Å². The molecule has 0 saturated carbocycles. The molecule has 2 aromatic carbocycles. The van der Waals surface area contributed by atoms with Crippen molar-refractivity contribution in [2.75, 3.05) is 12.4 Å². The number of carbonyl (C=O) groups is 2. The van der Waals surface area contributed by atoms with Gasteiger partial charge in [0, 0.05) is 10.2 Å². The lowest BCUT2D eigenvalue weighted by molar-refractivity contribution is 0.0600. The number of para-hydroxylation sites is 1. The molecular formula is C17H13BrN4O3. The predicted molar refractivity (Wildman–Crippen MR) is 94.8 cm³/mol. The van der Waals surface area contributed by atoms with Gasteiger partial charge in [-0.05, 0) is 52.3 Å². The third kappa shape index (κ3) is 3.74. The molecule has 0 aliphatic heterocycles. The summed E-state index contributed by atoms with van der Waals surface area (Å²) < 4.78 is 6.98. The number of ether oxygens (including phenoxy) is 1. The van der Waals surface area contributed by atoms with Crippen molar-refractivity contribution in [1.29, 1.82) is 0 Å². The Bertz CT molecular complexity index is 922. The molecule has 8 heteroatoms. The number of amides is 1. The lowest BCUT2D eigenvalue weighted by Crippen LogP contribution is -2.12. The SMILES string of the molecule is COC(=O)c1ccc(NC(=O)c2cn(-c3ccccc3Br)nn2)cc1. The van der Waals surface area contributed by atoms with E-state index in [1.165, 1.54) is 18.0 Å². The molecule has 1 heterocycles. The first kappa shape index (κ1) is 16.8. The fourth-order valence-corrected chi connectivity index (χ4v) is 2.59. The summed E-state index contributed by atoms with van der Waals surface area (Å²) in [4.78, 5) is 23.7. The van der Waals surface area contributed by atoms with Gasteiger partial charge in [-0.15, -0.1) is 5.10 Å². The van der Waals surface area contributed by atoms with Crippen LogP contribution in [0.15, 0.2) is 59.2 Å². The molecule has 0 atom stereocenters. The van der Waals surface area contributed by atoms with Crippen LogP contribution in [-0.2, 0) is 4.74 Å². The highest BCUT2D eigenvalue weighted by molar-refractivity contribution is 9.10. The van der Waals surface area contributed by atoms with Gasteiger partial charge in [-0.2, -0.15) is 0 Å². The smallest absolute Gasteiger partial charge is 0.337 e. The average molecular weight is 401 g/mol. The largest absolute Gasteiger partial charge is 0.465 e. The molecule has 7 nitrogen and oxygen atoms in total. The van der Waals surface area contributed by atoms with E-state index in [4.69, 9.17) is 0 Å². The fourth-order valence-electron chi connectivity index (χ4n) is 2.13. The Morgan fingerprint density at radius 2 is 1.84 bits per heavy atom. The number of methoxy groups -OCH3 is 1. The standard InChI is InChI=1S/C17H13BrN4O3/c1-25-17(24)11-6-8-12(9-7-11)19-16(23)14-10-22(21-20-14)15-5-3-2-4-13(15)18/h2-10H,1H3,(H,19,23). The van der Waals surface area contributed by atoms with Crippen molar-refractivity contribution in [3.63, 3.8) is 0 Å². The Labute approximate surface area is 151 Å². The second-order valence-corrected chi connectivity index (χ2v) is 5.88. The van der Waals surface area contributed by atoms with Crippen LogP contribution in [0.2, 0.25) is 0 Å². The van der Waals surface area contributed by atoms with E-state index in [-0.39, 0.29) is 5.69 Å². The second-order valence-electron chi connectivity index (χ2n) is 5.02. The van der Waals surface area contributed by atoms with Crippen molar-refractivity contribution in [2.45, 2.75) is 0 Å². The summed E-state index contributed by atoms with van der Waals surface area (Å²) >= 11 is 3.43. The average Bonchev–Trinajstić information content (AvgIpc) is 3.12. The van der Waals surface area contributed by atoms with Crippen LogP contribution >= 0.6 is 15.9 Å². The first-order valence-corrected chi connectivity index (χ1v) is 8.05. The summed E-state index contributed by atoms with van der Waals surface area (Å²) in [7, 11) is 1.31. The second kappa shape index (κ2) is 7.27. The number of rotatable bonds is 4. The van der Waals surface area contributed by atoms with E-state index in [0.29, 0.717) is 11.3 Å². The van der Waals surface area contributed by atoms with Gasteiger partial charge in [0.1, 0.15) is 0 Å². The molecule has 1 aromatic heterocycles. The molecule has 0 radical (unpaired) electrons. The molecule has 3 rings (SSSR count). The normalized spacial score (nSPS) is 10.3. The van der Waals surface area contributed by atoms with Crippen molar-refractivity contribution in [2.24, 2.45) is 0 Å². The zero-order valence-electron chi connectivity index (χ0n) is 13.1. The Balaban J connectivity index is 1.74. The van der Waals surface area contributed by atoms with Gasteiger partial charge in [0.25, 0.3) is 5.91 Å². The molecular weight excluding hydrogens is 388 g/mol. The number of hydrogen-bond acceptors (Lipinski definition) is 5. The molecule has 0 fully saturated rings. The van der Waals surface area contributed by atoms with Crippen LogP contribution in [0.5, 0.6) is 0 Å². The summed E-state index contributed by atoms with van der Waals surface area (Å²) in [5.41, 5.74) is 1.89. The zero-order chi connectivity index (χ0) is 17.8. The lowest BCUT2D eigenvalue weighted by atomic mass is 10.2. The molecule has 0 unspecified atom stereocenters. The zero-order valence-corrected chi connectivity index (χ0v) is 14.7. The van der Waals surface area contributed by atoms with E-state index in [1.54, 1.807) is 24.3 Å². The van der Waals surface area contributed by atoms with E-state index < -0.39 is 11.9 Å². The number of nitrogens with one attached hydrogen (secondary N) is 1. The highest BCUT2D eigenvalue weighted by Gasteiger charge is 2.13. The minimum Gasteiger partial charge on any atom is -0.465 e. The van der Waals surface area contributed by atoms with Crippen molar-refractivity contribution >= 4 is 33.5 Å². The number of esters is 1. The molecule has 0 saturated heterocycles. The quantitative estimate of drug-likeness (QED) is 0.680. The van der Waals surface area contributed by atoms with Gasteiger partial charge >= 0.3 is 5.97 Å². The van der Waals surface area contributed by atoms with Crippen LogP contribution in [0.3, 0.4) is 0 Å². The Morgan fingerprint density at radius 1 is 1.12 bits per heavy atom. The monoisotopic (exact) mass is 400 g/mol. The Hall–Kier alpha value is -3.00. The molecule has 1 amide bonds. The van der Waals surface area contributed by atoms with Crippen LogP contribution in [-0.4, -0.2) is 34.0 Å². The van der Waals surface area contributed by atoms with Crippen molar-refractivity contribution in [3.8, 4) is 5.69 Å². The van der Waals surface area contributed by atoms with Crippen LogP contribution < -0.4 is 5.32 Å². The summed E-state index contributed by atoms with van der Waals surface area (Å²) in [6, 6.07) is 13.8. The highest BCUT2D eigenvalue weighted by atomic mass is 79.9. The van der Waals surface area contributed by atoms with Gasteiger partial charge in [0.05, 0.1) is 24.6 Å². The molecule has 0 bridgehead atoms. The number of anilines is 1. The molecule has 3 aromatic rings. The summed E-state index contributed by atoms with van der Waals surface area (Å²) in [6.45, 7) is 0. The summed E-state index contributed by atoms with van der Waals surface area (Å²) in [6.07, 6.45) is 1.54. The first-order chi connectivity index (χ1) is 12.1. The van der Waals surface area contributed by atoms with E-state index in [0.717, 1.165) is 10.2 Å². The molecule has 1 N–H and O–H groups in total. The van der Waals surface area contributed by atoms with Crippen molar-refractivity contribution < 1.29 is 14.3 Å². The van der Waals surface area contributed by atoms with Gasteiger partial charge in [0.15, 0.2) is 5.69 Å². The summed E-state index contributed by atoms with van der Waals surface area (Å²) in [5, 5.41) is 10.6. The van der Waals surface area contributed by atoms with Gasteiger partial charge in [0.2, 0.25) is 0 Å².